The SMILES string of the molecule is CC/C=C\C/C=C\C/C=C\C/C=C\C/C=C\C/C=C\C/C=C\C/C=C\C/C=C\C/C=C\CCCCCCCCCCC(=O)NC(COC1OC(CO)C(OC2OC(CO)C(O)C(O)C2O)C(O)C1O)C(O)/C=C/CC/C=C/CCCCCCCCCCCCCCCCCCCCCCCCCC. The van der Waals surface area contributed by atoms with Gasteiger partial charge in [0.2, 0.25) is 5.91 Å². The fourth-order valence-electron chi connectivity index (χ4n) is 12.8. The number of amides is 1. The van der Waals surface area contributed by atoms with Gasteiger partial charge in [-0.25, -0.2) is 0 Å². The first-order valence-electron chi connectivity index (χ1n) is 41.6. The highest BCUT2D eigenvalue weighted by Crippen LogP contribution is 2.30. The number of allylic oxidation sites excluding steroid dienone is 23. The lowest BCUT2D eigenvalue weighted by molar-refractivity contribution is -0.359. The summed E-state index contributed by atoms with van der Waals surface area (Å²) in [7, 11) is 0. The molecule has 0 aromatic carbocycles. The number of aliphatic hydroxyl groups excluding tert-OH is 8. The van der Waals surface area contributed by atoms with Gasteiger partial charge in [-0.15, -0.1) is 0 Å². The third-order valence-corrected chi connectivity index (χ3v) is 19.3. The van der Waals surface area contributed by atoms with E-state index in [2.05, 4.69) is 153 Å². The van der Waals surface area contributed by atoms with Gasteiger partial charge < -0.3 is 65.1 Å². The first kappa shape index (κ1) is 94.9. The van der Waals surface area contributed by atoms with Gasteiger partial charge in [0.05, 0.1) is 32.0 Å². The van der Waals surface area contributed by atoms with Crippen LogP contribution in [0.2, 0.25) is 0 Å². The summed E-state index contributed by atoms with van der Waals surface area (Å²) in [6.07, 6.45) is 90.7. The summed E-state index contributed by atoms with van der Waals surface area (Å²) >= 11 is 0. The Labute approximate surface area is 627 Å². The predicted molar refractivity (Wildman–Crippen MR) is 428 cm³/mol. The van der Waals surface area contributed by atoms with Crippen LogP contribution in [0.4, 0.5) is 0 Å². The molecule has 2 saturated heterocycles. The van der Waals surface area contributed by atoms with Crippen molar-refractivity contribution in [2.24, 2.45) is 0 Å². The molecular formula is C89H151NO13. The molecule has 0 aliphatic carbocycles. The van der Waals surface area contributed by atoms with Crippen molar-refractivity contribution in [2.75, 3.05) is 19.8 Å². The van der Waals surface area contributed by atoms with Crippen LogP contribution in [0.25, 0.3) is 0 Å². The first-order valence-corrected chi connectivity index (χ1v) is 41.6. The maximum atomic E-state index is 13.4. The standard InChI is InChI=1S/C89H151NO13/c1-3-5-7-9-11-13-15-17-19-21-23-25-27-29-31-33-35-36-37-38-39-40-41-42-43-45-47-49-51-53-55-57-59-61-63-65-67-69-71-73-81(94)90-77(76-100-88-86(99)84(97)87(80(75-92)102-88)103-89-85(98)83(96)82(95)79(74-91)101-89)78(93)72-70-68-66-64-62-60-58-56-54-52-50-48-46-44-34-32-30-28-26-24-22-20-18-16-14-12-10-8-6-4-2/h5,7,11,13,17,19,23,25,29,31,35-36,38-39,41-42,45,47,51,53,62,64,70,72,77-80,82-89,91-93,95-99H,3-4,6,8-10,12,14-16,18,20-22,24,26-28,30,32-34,37,40,43-44,46,48-50,52,54-61,63,65-69,71,73-76H2,1-2H3,(H,90,94)/b7-5-,13-11-,19-17-,25-23-,31-29-,36-35-,39-38-,42-41-,47-45-,53-51-,64-62+,72-70+. The third-order valence-electron chi connectivity index (χ3n) is 19.3. The summed E-state index contributed by atoms with van der Waals surface area (Å²) in [5, 5.41) is 87.7. The summed E-state index contributed by atoms with van der Waals surface area (Å²) in [6.45, 7) is 2.69. The van der Waals surface area contributed by atoms with Gasteiger partial charge in [-0.05, 0) is 109 Å². The average Bonchev–Trinajstić information content (AvgIpc) is 0.791. The number of ether oxygens (including phenoxy) is 4. The van der Waals surface area contributed by atoms with Crippen molar-refractivity contribution >= 4 is 5.91 Å². The number of hydrogen-bond donors (Lipinski definition) is 9. The molecule has 9 N–H and O–H groups in total. The molecule has 2 aliphatic rings. The number of carbonyl (C=O) groups is 1. The smallest absolute Gasteiger partial charge is 0.220 e. The van der Waals surface area contributed by atoms with E-state index in [9.17, 15) is 45.6 Å². The predicted octanol–water partition coefficient (Wildman–Crippen LogP) is 19.5. The average molecular weight is 1440 g/mol. The quantitative estimate of drug-likeness (QED) is 0.0204. The maximum absolute atomic E-state index is 13.4. The molecule has 2 aliphatic heterocycles. The van der Waals surface area contributed by atoms with E-state index in [4.69, 9.17) is 18.9 Å². The molecular weight excluding hydrogens is 1290 g/mol. The van der Waals surface area contributed by atoms with Crippen LogP contribution < -0.4 is 5.32 Å². The zero-order chi connectivity index (χ0) is 74.4. The molecule has 0 aromatic heterocycles. The van der Waals surface area contributed by atoms with Crippen LogP contribution in [0.5, 0.6) is 0 Å². The number of aliphatic hydroxyl groups is 8. The Morgan fingerprint density at radius 2 is 0.680 bits per heavy atom. The molecule has 12 unspecified atom stereocenters. The summed E-state index contributed by atoms with van der Waals surface area (Å²) in [6, 6.07) is -0.949. The van der Waals surface area contributed by atoms with Crippen molar-refractivity contribution in [3.05, 3.63) is 146 Å². The van der Waals surface area contributed by atoms with Gasteiger partial charge >= 0.3 is 0 Å². The molecule has 2 heterocycles. The molecule has 103 heavy (non-hydrogen) atoms. The molecule has 0 saturated carbocycles. The molecule has 2 fully saturated rings. The second kappa shape index (κ2) is 70.8. The van der Waals surface area contributed by atoms with Gasteiger partial charge in [0.1, 0.15) is 48.8 Å². The fraction of sp³-hybridized carbons (Fsp3) is 0.719. The van der Waals surface area contributed by atoms with Crippen molar-refractivity contribution in [3.8, 4) is 0 Å². The number of carbonyl (C=O) groups excluding carboxylic acids is 1. The summed E-state index contributed by atoms with van der Waals surface area (Å²) < 4.78 is 22.9. The monoisotopic (exact) mass is 1440 g/mol. The van der Waals surface area contributed by atoms with Crippen LogP contribution in [0.1, 0.15) is 316 Å². The molecule has 590 valence electrons. The fourth-order valence-corrected chi connectivity index (χ4v) is 12.8. The van der Waals surface area contributed by atoms with Gasteiger partial charge in [0.25, 0.3) is 0 Å². The van der Waals surface area contributed by atoms with Gasteiger partial charge in [0, 0.05) is 6.42 Å². The Hall–Kier alpha value is -4.13. The highest BCUT2D eigenvalue weighted by Gasteiger charge is 2.51. The molecule has 1 amide bonds. The van der Waals surface area contributed by atoms with Gasteiger partial charge in [-0.2, -0.15) is 0 Å². The van der Waals surface area contributed by atoms with E-state index in [1.54, 1.807) is 6.08 Å². The van der Waals surface area contributed by atoms with Crippen LogP contribution in [0.15, 0.2) is 146 Å². The van der Waals surface area contributed by atoms with Crippen LogP contribution >= 0.6 is 0 Å². The molecule has 14 heteroatoms. The van der Waals surface area contributed by atoms with Crippen molar-refractivity contribution < 1.29 is 64.6 Å². The highest BCUT2D eigenvalue weighted by molar-refractivity contribution is 5.76. The maximum Gasteiger partial charge on any atom is 0.220 e. The van der Waals surface area contributed by atoms with E-state index >= 15 is 0 Å². The second-order valence-corrected chi connectivity index (χ2v) is 28.5. The Balaban J connectivity index is 1.64. The van der Waals surface area contributed by atoms with E-state index in [-0.39, 0.29) is 18.9 Å². The number of hydrogen-bond acceptors (Lipinski definition) is 13. The number of rotatable bonds is 68. The van der Waals surface area contributed by atoms with E-state index in [0.717, 1.165) is 109 Å². The van der Waals surface area contributed by atoms with Crippen molar-refractivity contribution in [3.63, 3.8) is 0 Å². The number of unbranched alkanes of at least 4 members (excludes halogenated alkanes) is 33. The van der Waals surface area contributed by atoms with Crippen LogP contribution in [0.3, 0.4) is 0 Å². The molecule has 2 rings (SSSR count). The lowest BCUT2D eigenvalue weighted by Gasteiger charge is -2.46. The van der Waals surface area contributed by atoms with Crippen molar-refractivity contribution in [2.45, 2.75) is 389 Å². The van der Waals surface area contributed by atoms with Crippen LogP contribution in [-0.4, -0.2) is 140 Å². The van der Waals surface area contributed by atoms with E-state index < -0.39 is 86.8 Å². The summed E-state index contributed by atoms with van der Waals surface area (Å²) in [4.78, 5) is 13.4. The van der Waals surface area contributed by atoms with Crippen LogP contribution in [-0.2, 0) is 23.7 Å². The Bertz CT molecular complexity index is 2300. The molecule has 0 radical (unpaired) electrons. The minimum Gasteiger partial charge on any atom is -0.394 e. The van der Waals surface area contributed by atoms with Gasteiger partial charge in [-0.3, -0.25) is 4.79 Å². The van der Waals surface area contributed by atoms with E-state index in [1.165, 1.54) is 173 Å². The summed E-state index contributed by atoms with van der Waals surface area (Å²) in [5.41, 5.74) is 0. The van der Waals surface area contributed by atoms with Crippen molar-refractivity contribution in [1.29, 1.82) is 0 Å². The Morgan fingerprint density at radius 1 is 0.359 bits per heavy atom. The molecule has 0 aromatic rings. The Morgan fingerprint density at radius 3 is 1.07 bits per heavy atom. The van der Waals surface area contributed by atoms with Crippen molar-refractivity contribution in [1.82, 2.24) is 5.32 Å². The Kier molecular flexibility index (Phi) is 65.3. The lowest BCUT2D eigenvalue weighted by atomic mass is 9.97. The zero-order valence-corrected chi connectivity index (χ0v) is 64.8. The largest absolute Gasteiger partial charge is 0.394 e. The minimum absolute atomic E-state index is 0.255. The highest BCUT2D eigenvalue weighted by atomic mass is 16.7. The van der Waals surface area contributed by atoms with Gasteiger partial charge in [0.15, 0.2) is 12.6 Å². The molecule has 12 atom stereocenters. The summed E-state index contributed by atoms with van der Waals surface area (Å²) in [5.74, 6) is -0.260. The number of nitrogens with one attached hydrogen (secondary N) is 1. The molecule has 0 spiro atoms. The molecule has 14 nitrogen and oxygen atoms in total. The normalized spacial score (nSPS) is 22.3. The second-order valence-electron chi connectivity index (χ2n) is 28.5. The zero-order valence-electron chi connectivity index (χ0n) is 64.8. The minimum atomic E-state index is -1.80. The first-order chi connectivity index (χ1) is 50.6. The van der Waals surface area contributed by atoms with E-state index in [1.807, 2.05) is 6.08 Å². The topological polar surface area (TPSA) is 228 Å². The third kappa shape index (κ3) is 53.3. The van der Waals surface area contributed by atoms with Gasteiger partial charge in [-0.1, -0.05) is 346 Å². The molecule has 0 bridgehead atoms. The van der Waals surface area contributed by atoms with Crippen LogP contribution in [0, 0.1) is 0 Å². The lowest BCUT2D eigenvalue weighted by Crippen LogP contribution is -2.65. The van der Waals surface area contributed by atoms with E-state index in [0.29, 0.717) is 12.8 Å².